The molecule has 142 valence electrons. The van der Waals surface area contributed by atoms with E-state index in [4.69, 9.17) is 4.52 Å². The van der Waals surface area contributed by atoms with Gasteiger partial charge in [0.1, 0.15) is 4.88 Å². The van der Waals surface area contributed by atoms with Gasteiger partial charge in [0.2, 0.25) is 0 Å². The van der Waals surface area contributed by atoms with Crippen LogP contribution in [0.1, 0.15) is 57.5 Å². The molecule has 7 nitrogen and oxygen atoms in total. The van der Waals surface area contributed by atoms with E-state index in [0.717, 1.165) is 24.4 Å². The maximum absolute atomic E-state index is 13.6. The highest BCUT2D eigenvalue weighted by Gasteiger charge is 2.30. The van der Waals surface area contributed by atoms with Crippen molar-refractivity contribution < 1.29 is 18.1 Å². The summed E-state index contributed by atoms with van der Waals surface area (Å²) in [6, 6.07) is 1.43. The highest BCUT2D eigenvalue weighted by atomic mass is 32.1. The first kappa shape index (κ1) is 17.9. The number of carbonyl (C=O) groups is 1. The molecule has 0 radical (unpaired) electrons. The lowest BCUT2D eigenvalue weighted by Gasteiger charge is -2.32. The highest BCUT2D eigenvalue weighted by Crippen LogP contribution is 2.34. The van der Waals surface area contributed by atoms with Crippen LogP contribution in [0, 0.1) is 13.8 Å². The minimum Gasteiger partial charge on any atom is -0.337 e. The monoisotopic (exact) mass is 393 g/mol. The van der Waals surface area contributed by atoms with Crippen LogP contribution in [-0.4, -0.2) is 43.6 Å². The molecule has 0 aliphatic carbocycles. The number of halogens is 2. The molecule has 0 spiro atoms. The number of rotatable bonds is 3. The zero-order valence-electron chi connectivity index (χ0n) is 14.8. The van der Waals surface area contributed by atoms with E-state index in [-0.39, 0.29) is 28.5 Å². The van der Waals surface area contributed by atoms with E-state index < -0.39 is 6.43 Å². The Balaban J connectivity index is 1.65. The smallest absolute Gasteiger partial charge is 0.267 e. The summed E-state index contributed by atoms with van der Waals surface area (Å²) < 4.78 is 36.1. The number of likely N-dealkylation sites (tertiary alicyclic amines) is 1. The number of alkyl halides is 2. The van der Waals surface area contributed by atoms with Gasteiger partial charge in [0, 0.05) is 30.3 Å². The quantitative estimate of drug-likeness (QED) is 0.675. The molecular weight excluding hydrogens is 376 g/mol. The van der Waals surface area contributed by atoms with Gasteiger partial charge in [-0.2, -0.15) is 0 Å². The van der Waals surface area contributed by atoms with Crippen molar-refractivity contribution in [2.75, 3.05) is 13.1 Å². The van der Waals surface area contributed by atoms with Crippen LogP contribution in [0.25, 0.3) is 11.1 Å². The van der Waals surface area contributed by atoms with Crippen LogP contribution >= 0.6 is 11.5 Å². The number of hydrogen-bond donors (Lipinski definition) is 0. The lowest BCUT2D eigenvalue weighted by molar-refractivity contribution is 0.0709. The Labute approximate surface area is 157 Å². The molecule has 3 aromatic heterocycles. The van der Waals surface area contributed by atoms with E-state index >= 15 is 0 Å². The molecule has 10 heteroatoms. The maximum atomic E-state index is 13.6. The first-order valence-electron chi connectivity index (χ1n) is 8.59. The molecule has 0 saturated carbocycles. The largest absolute Gasteiger partial charge is 0.337 e. The number of aryl methyl sites for hydroxylation is 2. The van der Waals surface area contributed by atoms with Crippen molar-refractivity contribution in [3.8, 4) is 0 Å². The Morgan fingerprint density at radius 2 is 2.19 bits per heavy atom. The molecule has 3 aromatic rings. The van der Waals surface area contributed by atoms with E-state index in [1.165, 1.54) is 6.07 Å². The molecule has 1 atom stereocenters. The molecule has 1 unspecified atom stereocenters. The topological polar surface area (TPSA) is 85.0 Å². The first-order valence-corrected chi connectivity index (χ1v) is 9.36. The second kappa shape index (κ2) is 6.91. The van der Waals surface area contributed by atoms with E-state index in [2.05, 4.69) is 19.7 Å². The van der Waals surface area contributed by atoms with Crippen molar-refractivity contribution in [3.05, 3.63) is 33.6 Å². The van der Waals surface area contributed by atoms with Crippen LogP contribution in [0.2, 0.25) is 0 Å². The third kappa shape index (κ3) is 3.18. The lowest BCUT2D eigenvalue weighted by atomic mass is 9.92. The molecule has 0 N–H and O–H groups in total. The van der Waals surface area contributed by atoms with E-state index in [1.807, 2.05) is 0 Å². The van der Waals surface area contributed by atoms with Crippen LogP contribution in [-0.2, 0) is 0 Å². The zero-order valence-corrected chi connectivity index (χ0v) is 15.6. The highest BCUT2D eigenvalue weighted by molar-refractivity contribution is 7.07. The van der Waals surface area contributed by atoms with Crippen LogP contribution < -0.4 is 0 Å². The average Bonchev–Trinajstić information content (AvgIpc) is 3.26. The maximum Gasteiger partial charge on any atom is 0.267 e. The van der Waals surface area contributed by atoms with Gasteiger partial charge in [-0.3, -0.25) is 4.79 Å². The molecule has 0 aromatic carbocycles. The molecule has 0 bridgehead atoms. The summed E-state index contributed by atoms with van der Waals surface area (Å²) in [4.78, 5) is 19.4. The molecule has 4 rings (SSSR count). The number of carbonyl (C=O) groups excluding carboxylic acids is 1. The summed E-state index contributed by atoms with van der Waals surface area (Å²) in [5.41, 5.74) is 1.49. The van der Waals surface area contributed by atoms with E-state index in [1.54, 1.807) is 18.7 Å². The number of nitrogens with zero attached hydrogens (tertiary/aromatic N) is 5. The van der Waals surface area contributed by atoms with Crippen LogP contribution in [0.3, 0.4) is 0 Å². The Morgan fingerprint density at radius 1 is 1.37 bits per heavy atom. The van der Waals surface area contributed by atoms with Crippen molar-refractivity contribution in [2.24, 2.45) is 0 Å². The van der Waals surface area contributed by atoms with Crippen LogP contribution in [0.5, 0.6) is 0 Å². The summed E-state index contributed by atoms with van der Waals surface area (Å²) in [6.07, 6.45) is -1.13. The minimum absolute atomic E-state index is 0.117. The zero-order chi connectivity index (χ0) is 19.1. The summed E-state index contributed by atoms with van der Waals surface area (Å²) >= 11 is 1.07. The van der Waals surface area contributed by atoms with Crippen molar-refractivity contribution in [2.45, 2.75) is 39.0 Å². The summed E-state index contributed by atoms with van der Waals surface area (Å²) in [7, 11) is 0. The fraction of sp³-hybridized carbons (Fsp3) is 0.471. The Kier molecular flexibility index (Phi) is 4.58. The lowest BCUT2D eigenvalue weighted by Crippen LogP contribution is -2.39. The summed E-state index contributed by atoms with van der Waals surface area (Å²) in [6.45, 7) is 4.38. The molecule has 1 aliphatic rings. The Morgan fingerprint density at radius 3 is 2.89 bits per heavy atom. The van der Waals surface area contributed by atoms with Crippen molar-refractivity contribution in [1.82, 2.24) is 24.6 Å². The third-order valence-electron chi connectivity index (χ3n) is 4.88. The fourth-order valence-corrected chi connectivity index (χ4v) is 4.13. The number of piperidine rings is 1. The number of fused-ring (bicyclic) bond motifs is 1. The number of aromatic nitrogens is 4. The predicted molar refractivity (Wildman–Crippen MR) is 94.0 cm³/mol. The van der Waals surface area contributed by atoms with Crippen LogP contribution in [0.15, 0.2) is 10.6 Å². The molecule has 27 heavy (non-hydrogen) atoms. The number of hydrogen-bond acceptors (Lipinski definition) is 7. The molecule has 4 heterocycles. The molecule has 1 amide bonds. The molecule has 1 fully saturated rings. The standard InChI is InChI=1S/C17H17F2N5O2S/c1-8-13-11(15(18)19)6-12(20-16(13)26-22-8)10-4-3-5-24(7-10)17(25)14-9(2)21-23-27-14/h6,10,15H,3-5,7H2,1-2H3. The number of amides is 1. The predicted octanol–water partition coefficient (Wildman–Crippen LogP) is 3.65. The molecular formula is C17H17F2N5O2S. The van der Waals surface area contributed by atoms with Gasteiger partial charge in [0.15, 0.2) is 0 Å². The Bertz CT molecular complexity index is 1000. The minimum atomic E-state index is -2.65. The van der Waals surface area contributed by atoms with Crippen molar-refractivity contribution >= 4 is 28.5 Å². The number of pyridine rings is 1. The normalized spacial score (nSPS) is 17.8. The second-order valence-electron chi connectivity index (χ2n) is 6.66. The summed E-state index contributed by atoms with van der Waals surface area (Å²) in [5, 5.41) is 7.91. The summed E-state index contributed by atoms with van der Waals surface area (Å²) in [5.74, 6) is -0.269. The van der Waals surface area contributed by atoms with Gasteiger partial charge in [-0.05, 0) is 44.3 Å². The molecule has 1 aliphatic heterocycles. The van der Waals surface area contributed by atoms with Crippen LogP contribution in [0.4, 0.5) is 8.78 Å². The van der Waals surface area contributed by atoms with Gasteiger partial charge in [-0.25, -0.2) is 13.8 Å². The van der Waals surface area contributed by atoms with Gasteiger partial charge in [-0.15, -0.1) is 5.10 Å². The van der Waals surface area contributed by atoms with E-state index in [9.17, 15) is 13.6 Å². The van der Waals surface area contributed by atoms with Gasteiger partial charge in [0.25, 0.3) is 18.0 Å². The molecule has 1 saturated heterocycles. The van der Waals surface area contributed by atoms with Gasteiger partial charge in [0.05, 0.1) is 16.8 Å². The third-order valence-corrected chi connectivity index (χ3v) is 5.69. The SMILES string of the molecule is Cc1nnsc1C(=O)N1CCCC(c2cc(C(F)F)c3c(C)noc3n2)C1. The van der Waals surface area contributed by atoms with Gasteiger partial charge in [-0.1, -0.05) is 9.64 Å². The van der Waals surface area contributed by atoms with Crippen molar-refractivity contribution in [3.63, 3.8) is 0 Å². The average molecular weight is 393 g/mol. The van der Waals surface area contributed by atoms with Gasteiger partial charge >= 0.3 is 0 Å². The van der Waals surface area contributed by atoms with Gasteiger partial charge < -0.3 is 9.42 Å². The fourth-order valence-electron chi connectivity index (χ4n) is 3.50. The first-order chi connectivity index (χ1) is 13.0. The Hall–Kier alpha value is -2.49. The second-order valence-corrected chi connectivity index (χ2v) is 7.42. The van der Waals surface area contributed by atoms with E-state index in [0.29, 0.717) is 35.0 Å². The van der Waals surface area contributed by atoms with Crippen molar-refractivity contribution in [1.29, 1.82) is 0 Å².